The number of hydrogen-bond acceptors (Lipinski definition) is 2. The van der Waals surface area contributed by atoms with Gasteiger partial charge in [-0.2, -0.15) is 0 Å². The quantitative estimate of drug-likeness (QED) is 0.758. The van der Waals surface area contributed by atoms with Gasteiger partial charge in [0.25, 0.3) is 0 Å². The van der Waals surface area contributed by atoms with E-state index < -0.39 is 0 Å². The minimum absolute atomic E-state index is 0.455. The first-order chi connectivity index (χ1) is 10.1. The lowest BCUT2D eigenvalue weighted by molar-refractivity contribution is 0.185. The van der Waals surface area contributed by atoms with Crippen LogP contribution in [0.1, 0.15) is 57.1 Å². The van der Waals surface area contributed by atoms with Gasteiger partial charge in [0.1, 0.15) is 11.3 Å². The molecule has 3 nitrogen and oxygen atoms in total. The molecular weight excluding hydrogens is 282 g/mol. The zero-order chi connectivity index (χ0) is 15.0. The first-order valence-electron chi connectivity index (χ1n) is 8.02. The zero-order valence-electron chi connectivity index (χ0n) is 13.1. The van der Waals surface area contributed by atoms with Gasteiger partial charge < -0.3 is 4.57 Å². The Morgan fingerprint density at radius 1 is 1.24 bits per heavy atom. The molecule has 2 aromatic rings. The molecule has 0 N–H and O–H groups in total. The van der Waals surface area contributed by atoms with Crippen LogP contribution in [-0.4, -0.2) is 14.5 Å². The normalized spacial score (nSPS) is 23.1. The molecule has 21 heavy (non-hydrogen) atoms. The first-order valence-corrected chi connectivity index (χ1v) is 8.55. The maximum atomic E-state index is 6.18. The summed E-state index contributed by atoms with van der Waals surface area (Å²) in [5, 5.41) is 0. The first kappa shape index (κ1) is 14.8. The molecule has 2 atom stereocenters. The summed E-state index contributed by atoms with van der Waals surface area (Å²) in [6.45, 7) is 6.71. The fourth-order valence-electron chi connectivity index (χ4n) is 3.80. The predicted octanol–water partition coefficient (Wildman–Crippen LogP) is 4.87. The molecule has 2 heterocycles. The number of nitrogens with zero attached hydrogens (tertiary/aromatic N) is 3. The largest absolute Gasteiger partial charge is 0.308 e. The number of halogens is 1. The van der Waals surface area contributed by atoms with Gasteiger partial charge in [-0.3, -0.25) is 0 Å². The van der Waals surface area contributed by atoms with Gasteiger partial charge in [-0.05, 0) is 43.7 Å². The number of pyridine rings is 1. The highest BCUT2D eigenvalue weighted by Crippen LogP contribution is 2.40. The fourth-order valence-corrected chi connectivity index (χ4v) is 3.98. The molecule has 0 spiro atoms. The van der Waals surface area contributed by atoms with E-state index in [9.17, 15) is 0 Å². The van der Waals surface area contributed by atoms with E-state index in [1.165, 1.54) is 25.7 Å². The van der Waals surface area contributed by atoms with Crippen LogP contribution in [0.25, 0.3) is 11.2 Å². The van der Waals surface area contributed by atoms with Crippen molar-refractivity contribution in [1.29, 1.82) is 0 Å². The van der Waals surface area contributed by atoms with Crippen LogP contribution in [0.5, 0.6) is 0 Å². The molecule has 1 saturated carbocycles. The second-order valence-corrected chi connectivity index (χ2v) is 6.85. The standard InChI is InChI=1S/C17H24ClN3/c1-11(2)13-6-4-5-7-15(13)21-16(10-18)20-14-9-8-12(3)19-17(14)21/h8-9,11,13,15H,4-7,10H2,1-3H3. The van der Waals surface area contributed by atoms with Gasteiger partial charge in [0.05, 0.1) is 5.88 Å². The smallest absolute Gasteiger partial charge is 0.160 e. The number of alkyl halides is 1. The van der Waals surface area contributed by atoms with Gasteiger partial charge in [0, 0.05) is 11.7 Å². The van der Waals surface area contributed by atoms with Crippen molar-refractivity contribution >= 4 is 22.8 Å². The van der Waals surface area contributed by atoms with E-state index in [1.807, 2.05) is 13.0 Å². The Morgan fingerprint density at radius 3 is 2.71 bits per heavy atom. The van der Waals surface area contributed by atoms with E-state index in [0.717, 1.165) is 22.7 Å². The molecule has 0 saturated heterocycles. The topological polar surface area (TPSA) is 30.7 Å². The third-order valence-electron chi connectivity index (χ3n) is 4.84. The average molecular weight is 306 g/mol. The number of rotatable bonds is 3. The van der Waals surface area contributed by atoms with Crippen LogP contribution < -0.4 is 0 Å². The summed E-state index contributed by atoms with van der Waals surface area (Å²) in [6, 6.07) is 4.59. The summed E-state index contributed by atoms with van der Waals surface area (Å²) < 4.78 is 2.35. The third kappa shape index (κ3) is 2.68. The molecule has 0 aromatic carbocycles. The molecule has 1 aliphatic carbocycles. The summed E-state index contributed by atoms with van der Waals surface area (Å²) in [5.74, 6) is 2.81. The van der Waals surface area contributed by atoms with Crippen molar-refractivity contribution in [3.63, 3.8) is 0 Å². The molecule has 2 unspecified atom stereocenters. The van der Waals surface area contributed by atoms with Gasteiger partial charge in [0.15, 0.2) is 5.65 Å². The highest BCUT2D eigenvalue weighted by molar-refractivity contribution is 6.16. The molecule has 3 rings (SSSR count). The van der Waals surface area contributed by atoms with Gasteiger partial charge in [-0.15, -0.1) is 11.6 Å². The molecule has 0 bridgehead atoms. The number of hydrogen-bond donors (Lipinski definition) is 0. The molecule has 2 aromatic heterocycles. The number of aromatic nitrogens is 3. The maximum absolute atomic E-state index is 6.18. The maximum Gasteiger partial charge on any atom is 0.160 e. The van der Waals surface area contributed by atoms with Crippen LogP contribution in [-0.2, 0) is 5.88 Å². The molecule has 0 aliphatic heterocycles. The average Bonchev–Trinajstić information content (AvgIpc) is 2.84. The van der Waals surface area contributed by atoms with Crippen molar-refractivity contribution in [3.05, 3.63) is 23.7 Å². The molecule has 114 valence electrons. The van der Waals surface area contributed by atoms with Crippen molar-refractivity contribution in [2.75, 3.05) is 0 Å². The van der Waals surface area contributed by atoms with E-state index in [0.29, 0.717) is 23.8 Å². The Balaban J connectivity index is 2.14. The summed E-state index contributed by atoms with van der Waals surface area (Å²) >= 11 is 6.18. The van der Waals surface area contributed by atoms with Crippen LogP contribution in [0.3, 0.4) is 0 Å². The highest BCUT2D eigenvalue weighted by Gasteiger charge is 2.31. The predicted molar refractivity (Wildman–Crippen MR) is 87.7 cm³/mol. The molecule has 0 amide bonds. The summed E-state index contributed by atoms with van der Waals surface area (Å²) in [6.07, 6.45) is 5.15. The molecule has 4 heteroatoms. The second-order valence-electron chi connectivity index (χ2n) is 6.59. The number of aryl methyl sites for hydroxylation is 1. The van der Waals surface area contributed by atoms with Crippen LogP contribution >= 0.6 is 11.6 Å². The Hall–Kier alpha value is -1.09. The lowest BCUT2D eigenvalue weighted by Crippen LogP contribution is -2.28. The lowest BCUT2D eigenvalue weighted by atomic mass is 9.77. The van der Waals surface area contributed by atoms with Crippen molar-refractivity contribution in [3.8, 4) is 0 Å². The molecule has 1 aliphatic rings. The van der Waals surface area contributed by atoms with Crippen LogP contribution in [0, 0.1) is 18.8 Å². The van der Waals surface area contributed by atoms with Crippen LogP contribution in [0.4, 0.5) is 0 Å². The van der Waals surface area contributed by atoms with Gasteiger partial charge in [-0.25, -0.2) is 9.97 Å². The minimum atomic E-state index is 0.455. The van der Waals surface area contributed by atoms with E-state index in [4.69, 9.17) is 21.6 Å². The number of fused-ring (bicyclic) bond motifs is 1. The summed E-state index contributed by atoms with van der Waals surface area (Å²) in [4.78, 5) is 9.46. The Kier molecular flexibility index (Phi) is 4.21. The van der Waals surface area contributed by atoms with Crippen LogP contribution in [0.2, 0.25) is 0 Å². The minimum Gasteiger partial charge on any atom is -0.308 e. The molecular formula is C17H24ClN3. The SMILES string of the molecule is Cc1ccc2nc(CCl)n(C3CCCCC3C(C)C)c2n1. The van der Waals surface area contributed by atoms with Crippen molar-refractivity contribution in [2.24, 2.45) is 11.8 Å². The summed E-state index contributed by atoms with van der Waals surface area (Å²) in [5.41, 5.74) is 3.04. The zero-order valence-corrected chi connectivity index (χ0v) is 13.9. The Morgan fingerprint density at radius 2 is 2.00 bits per heavy atom. The fraction of sp³-hybridized carbons (Fsp3) is 0.647. The number of imidazole rings is 1. The molecule has 1 fully saturated rings. The Bertz CT molecular complexity index is 632. The van der Waals surface area contributed by atoms with Crippen molar-refractivity contribution in [2.45, 2.75) is 58.4 Å². The second kappa shape index (κ2) is 5.96. The highest BCUT2D eigenvalue weighted by atomic mass is 35.5. The third-order valence-corrected chi connectivity index (χ3v) is 5.08. The van der Waals surface area contributed by atoms with Crippen molar-refractivity contribution in [1.82, 2.24) is 14.5 Å². The van der Waals surface area contributed by atoms with E-state index in [-0.39, 0.29) is 0 Å². The van der Waals surface area contributed by atoms with E-state index in [1.54, 1.807) is 0 Å². The van der Waals surface area contributed by atoms with Gasteiger partial charge in [-0.1, -0.05) is 26.7 Å². The van der Waals surface area contributed by atoms with E-state index in [2.05, 4.69) is 24.5 Å². The molecule has 0 radical (unpaired) electrons. The van der Waals surface area contributed by atoms with Crippen molar-refractivity contribution < 1.29 is 0 Å². The van der Waals surface area contributed by atoms with Crippen LogP contribution in [0.15, 0.2) is 12.1 Å². The summed E-state index contributed by atoms with van der Waals surface area (Å²) in [7, 11) is 0. The van der Waals surface area contributed by atoms with Gasteiger partial charge >= 0.3 is 0 Å². The van der Waals surface area contributed by atoms with E-state index >= 15 is 0 Å². The lowest BCUT2D eigenvalue weighted by Gasteiger charge is -2.36. The Labute approximate surface area is 131 Å². The van der Waals surface area contributed by atoms with Gasteiger partial charge in [0.2, 0.25) is 0 Å². The monoisotopic (exact) mass is 305 g/mol.